The smallest absolute Gasteiger partial charge is 0.422 e. The van der Waals surface area contributed by atoms with E-state index in [-0.39, 0.29) is 18.7 Å². The predicted octanol–water partition coefficient (Wildman–Crippen LogP) is 2.63. The Morgan fingerprint density at radius 2 is 2.00 bits per heavy atom. The number of hydrogen-bond acceptors (Lipinski definition) is 3. The van der Waals surface area contributed by atoms with Crippen molar-refractivity contribution in [3.63, 3.8) is 0 Å². The average Bonchev–Trinajstić information content (AvgIpc) is 2.34. The SMILES string of the molecule is C.CNC(=O)c1cc(OC)ccc1OCC(F)(F)F. The van der Waals surface area contributed by atoms with E-state index in [4.69, 9.17) is 4.74 Å². The molecule has 108 valence electrons. The molecule has 1 amide bonds. The summed E-state index contributed by atoms with van der Waals surface area (Å²) < 4.78 is 45.6. The van der Waals surface area contributed by atoms with Crippen LogP contribution in [0.25, 0.3) is 0 Å². The molecule has 0 radical (unpaired) electrons. The van der Waals surface area contributed by atoms with Crippen molar-refractivity contribution >= 4 is 5.91 Å². The molecule has 1 aromatic rings. The molecular weight excluding hydrogens is 263 g/mol. The van der Waals surface area contributed by atoms with Crippen LogP contribution in [0.4, 0.5) is 13.2 Å². The summed E-state index contributed by atoms with van der Waals surface area (Å²) in [6.45, 7) is -1.46. The zero-order valence-electron chi connectivity index (χ0n) is 9.80. The van der Waals surface area contributed by atoms with Crippen molar-refractivity contribution in [2.75, 3.05) is 20.8 Å². The number of methoxy groups -OCH3 is 1. The van der Waals surface area contributed by atoms with Gasteiger partial charge in [0.1, 0.15) is 11.5 Å². The molecule has 0 spiro atoms. The van der Waals surface area contributed by atoms with Crippen molar-refractivity contribution in [3.8, 4) is 11.5 Å². The fourth-order valence-corrected chi connectivity index (χ4v) is 1.23. The lowest BCUT2D eigenvalue weighted by atomic mass is 10.1. The first kappa shape index (κ1) is 17.1. The standard InChI is InChI=1S/C11H12F3NO3.CH4/c1-15-10(16)8-5-7(17-2)3-4-9(8)18-6-11(12,13)14;/h3-5H,6H2,1-2H3,(H,15,16);1H4. The Hall–Kier alpha value is -1.92. The van der Waals surface area contributed by atoms with E-state index in [1.54, 1.807) is 0 Å². The summed E-state index contributed by atoms with van der Waals surface area (Å²) in [5.74, 6) is -0.341. The number of hydrogen-bond donors (Lipinski definition) is 1. The summed E-state index contributed by atoms with van der Waals surface area (Å²) in [5, 5.41) is 2.31. The summed E-state index contributed by atoms with van der Waals surface area (Å²) in [6, 6.07) is 3.98. The van der Waals surface area contributed by atoms with E-state index in [1.807, 2.05) is 0 Å². The molecule has 0 bridgehead atoms. The van der Waals surface area contributed by atoms with E-state index in [0.717, 1.165) is 0 Å². The molecule has 0 heterocycles. The van der Waals surface area contributed by atoms with Crippen LogP contribution in [-0.4, -0.2) is 32.8 Å². The number of carbonyl (C=O) groups is 1. The molecule has 0 aromatic heterocycles. The lowest BCUT2D eigenvalue weighted by molar-refractivity contribution is -0.153. The third-order valence-electron chi connectivity index (χ3n) is 2.05. The van der Waals surface area contributed by atoms with Gasteiger partial charge in [-0.25, -0.2) is 0 Å². The van der Waals surface area contributed by atoms with E-state index < -0.39 is 18.7 Å². The summed E-state index contributed by atoms with van der Waals surface area (Å²) in [6.07, 6.45) is -4.46. The Kier molecular flexibility index (Phi) is 6.17. The van der Waals surface area contributed by atoms with Gasteiger partial charge in [0.15, 0.2) is 6.61 Å². The van der Waals surface area contributed by atoms with Crippen LogP contribution in [-0.2, 0) is 0 Å². The highest BCUT2D eigenvalue weighted by Gasteiger charge is 2.29. The van der Waals surface area contributed by atoms with Gasteiger partial charge in [0, 0.05) is 7.05 Å². The molecule has 0 aliphatic heterocycles. The summed E-state index contributed by atoms with van der Waals surface area (Å²) in [5.41, 5.74) is -0.0129. The zero-order valence-corrected chi connectivity index (χ0v) is 9.80. The van der Waals surface area contributed by atoms with Gasteiger partial charge in [-0.05, 0) is 18.2 Å². The van der Waals surface area contributed by atoms with Crippen LogP contribution < -0.4 is 14.8 Å². The molecular formula is C12H16F3NO3. The van der Waals surface area contributed by atoms with E-state index in [0.29, 0.717) is 5.75 Å². The Labute approximate surface area is 109 Å². The van der Waals surface area contributed by atoms with Gasteiger partial charge in [-0.15, -0.1) is 0 Å². The van der Waals surface area contributed by atoms with Gasteiger partial charge in [-0.2, -0.15) is 13.2 Å². The molecule has 0 saturated carbocycles. The third kappa shape index (κ3) is 5.07. The Morgan fingerprint density at radius 1 is 1.37 bits per heavy atom. The largest absolute Gasteiger partial charge is 0.497 e. The maximum absolute atomic E-state index is 12.1. The minimum absolute atomic E-state index is 0. The number of alkyl halides is 3. The monoisotopic (exact) mass is 279 g/mol. The van der Waals surface area contributed by atoms with Gasteiger partial charge in [0.2, 0.25) is 0 Å². The number of ether oxygens (including phenoxy) is 2. The lowest BCUT2D eigenvalue weighted by Crippen LogP contribution is -2.23. The Bertz CT molecular complexity index is 433. The van der Waals surface area contributed by atoms with E-state index in [9.17, 15) is 18.0 Å². The van der Waals surface area contributed by atoms with E-state index in [1.165, 1.54) is 32.4 Å². The minimum Gasteiger partial charge on any atom is -0.497 e. The molecule has 7 heteroatoms. The summed E-state index contributed by atoms with van der Waals surface area (Å²) in [7, 11) is 2.76. The summed E-state index contributed by atoms with van der Waals surface area (Å²) in [4.78, 5) is 11.5. The normalized spacial score (nSPS) is 10.4. The van der Waals surface area contributed by atoms with E-state index >= 15 is 0 Å². The van der Waals surface area contributed by atoms with Gasteiger partial charge in [-0.1, -0.05) is 7.43 Å². The van der Waals surface area contributed by atoms with Crippen LogP contribution in [0.2, 0.25) is 0 Å². The van der Waals surface area contributed by atoms with Gasteiger partial charge >= 0.3 is 6.18 Å². The van der Waals surface area contributed by atoms with Crippen molar-refractivity contribution in [1.82, 2.24) is 5.32 Å². The molecule has 1 rings (SSSR count). The van der Waals surface area contributed by atoms with Crippen molar-refractivity contribution in [2.45, 2.75) is 13.6 Å². The van der Waals surface area contributed by atoms with Crippen LogP contribution in [0.15, 0.2) is 18.2 Å². The number of nitrogens with one attached hydrogen (secondary N) is 1. The second-order valence-corrected chi connectivity index (χ2v) is 3.35. The van der Waals surface area contributed by atoms with Gasteiger partial charge in [0.05, 0.1) is 12.7 Å². The second-order valence-electron chi connectivity index (χ2n) is 3.35. The fourth-order valence-electron chi connectivity index (χ4n) is 1.23. The van der Waals surface area contributed by atoms with Crippen molar-refractivity contribution in [3.05, 3.63) is 23.8 Å². The highest BCUT2D eigenvalue weighted by Crippen LogP contribution is 2.26. The van der Waals surface area contributed by atoms with Crippen LogP contribution >= 0.6 is 0 Å². The molecule has 0 unspecified atom stereocenters. The maximum atomic E-state index is 12.1. The number of carbonyl (C=O) groups excluding carboxylic acids is 1. The van der Waals surface area contributed by atoms with Crippen LogP contribution in [0.1, 0.15) is 17.8 Å². The Morgan fingerprint density at radius 3 is 2.47 bits per heavy atom. The first-order valence-corrected chi connectivity index (χ1v) is 4.97. The molecule has 0 aliphatic carbocycles. The molecule has 0 fully saturated rings. The van der Waals surface area contributed by atoms with Gasteiger partial charge < -0.3 is 14.8 Å². The highest BCUT2D eigenvalue weighted by molar-refractivity contribution is 5.97. The molecule has 0 aliphatic rings. The molecule has 0 saturated heterocycles. The quantitative estimate of drug-likeness (QED) is 0.921. The number of amides is 1. The first-order valence-electron chi connectivity index (χ1n) is 4.97. The lowest BCUT2D eigenvalue weighted by Gasteiger charge is -2.13. The average molecular weight is 279 g/mol. The van der Waals surface area contributed by atoms with Crippen LogP contribution in [0.3, 0.4) is 0 Å². The molecule has 19 heavy (non-hydrogen) atoms. The molecule has 4 nitrogen and oxygen atoms in total. The molecule has 1 aromatic carbocycles. The van der Waals surface area contributed by atoms with Crippen molar-refractivity contribution in [1.29, 1.82) is 0 Å². The second kappa shape index (κ2) is 6.86. The number of halogens is 3. The minimum atomic E-state index is -4.46. The number of rotatable bonds is 4. The first-order chi connectivity index (χ1) is 8.37. The van der Waals surface area contributed by atoms with Gasteiger partial charge in [0.25, 0.3) is 5.91 Å². The van der Waals surface area contributed by atoms with Crippen molar-refractivity contribution < 1.29 is 27.4 Å². The molecule has 0 atom stereocenters. The van der Waals surface area contributed by atoms with Crippen LogP contribution in [0.5, 0.6) is 11.5 Å². The maximum Gasteiger partial charge on any atom is 0.422 e. The van der Waals surface area contributed by atoms with Crippen LogP contribution in [0, 0.1) is 0 Å². The summed E-state index contributed by atoms with van der Waals surface area (Å²) >= 11 is 0. The molecule has 1 N–H and O–H groups in total. The van der Waals surface area contributed by atoms with E-state index in [2.05, 4.69) is 10.1 Å². The zero-order chi connectivity index (χ0) is 13.8. The van der Waals surface area contributed by atoms with Gasteiger partial charge in [-0.3, -0.25) is 4.79 Å². The number of benzene rings is 1. The topological polar surface area (TPSA) is 47.6 Å². The Balaban J connectivity index is 0.00000324. The predicted molar refractivity (Wildman–Crippen MR) is 64.7 cm³/mol. The fraction of sp³-hybridized carbons (Fsp3) is 0.417. The van der Waals surface area contributed by atoms with Crippen molar-refractivity contribution in [2.24, 2.45) is 0 Å². The highest BCUT2D eigenvalue weighted by atomic mass is 19.4. The third-order valence-corrected chi connectivity index (χ3v) is 2.05.